The maximum atomic E-state index is 13.2. The topological polar surface area (TPSA) is 42.4 Å². The smallest absolute Gasteiger partial charge is 0.337 e. The lowest BCUT2D eigenvalue weighted by atomic mass is 10.1. The molecule has 30 heavy (non-hydrogen) atoms. The zero-order valence-corrected chi connectivity index (χ0v) is 19.7. The van der Waals surface area contributed by atoms with E-state index >= 15 is 0 Å². The first kappa shape index (κ1) is 25.6. The lowest BCUT2D eigenvalue weighted by Gasteiger charge is -2.29. The van der Waals surface area contributed by atoms with Crippen LogP contribution in [0.15, 0.2) is 60.9 Å². The van der Waals surface area contributed by atoms with Gasteiger partial charge in [0.15, 0.2) is 0 Å². The molecule has 4 nitrogen and oxygen atoms in total. The van der Waals surface area contributed by atoms with E-state index in [1.54, 1.807) is 30.5 Å². The number of halogens is 2. The molecular weight excluding hydrogens is 447 g/mol. The molecule has 0 aliphatic rings. The van der Waals surface area contributed by atoms with Crippen LogP contribution >= 0.6 is 15.9 Å². The number of methoxy groups -OCH3 is 1. The fourth-order valence-electron chi connectivity index (χ4n) is 2.85. The summed E-state index contributed by atoms with van der Waals surface area (Å²) in [4.78, 5) is 18.3. The van der Waals surface area contributed by atoms with E-state index in [1.807, 2.05) is 26.8 Å². The second-order valence-corrected chi connectivity index (χ2v) is 6.91. The molecule has 0 bridgehead atoms. The number of carbonyl (C=O) groups excluding carboxylic acids is 1. The van der Waals surface area contributed by atoms with Crippen LogP contribution in [-0.4, -0.2) is 34.8 Å². The third kappa shape index (κ3) is 7.41. The van der Waals surface area contributed by atoms with Gasteiger partial charge in [0.1, 0.15) is 5.82 Å². The van der Waals surface area contributed by atoms with Crippen LogP contribution in [-0.2, 0) is 11.2 Å². The number of rotatable bonds is 9. The molecule has 0 amide bonds. The molecule has 1 aromatic heterocycles. The number of allylic oxidation sites excluding steroid dienone is 2. The minimum Gasteiger partial charge on any atom is -0.465 e. The molecule has 2 rings (SSSR count). The molecule has 0 atom stereocenters. The van der Waals surface area contributed by atoms with E-state index in [9.17, 15) is 9.18 Å². The van der Waals surface area contributed by atoms with Gasteiger partial charge in [0.05, 0.1) is 24.1 Å². The van der Waals surface area contributed by atoms with Gasteiger partial charge in [-0.3, -0.25) is 4.98 Å². The zero-order chi connectivity index (χ0) is 22.5. The molecule has 0 aliphatic heterocycles. The van der Waals surface area contributed by atoms with Crippen molar-refractivity contribution in [2.45, 2.75) is 33.6 Å². The number of ether oxygens (including phenoxy) is 1. The van der Waals surface area contributed by atoms with Crippen molar-refractivity contribution in [3.8, 4) is 0 Å². The number of aromatic nitrogens is 1. The number of carbonyl (C=O) groups is 1. The summed E-state index contributed by atoms with van der Waals surface area (Å²) in [5.41, 5.74) is 3.85. The number of nitrogens with zero attached hydrogens (tertiary/aromatic N) is 2. The highest BCUT2D eigenvalue weighted by atomic mass is 79.9. The molecule has 0 saturated heterocycles. The summed E-state index contributed by atoms with van der Waals surface area (Å²) < 4.78 is 18.0. The number of pyridine rings is 1. The predicted octanol–water partition coefficient (Wildman–Crippen LogP) is 6.24. The van der Waals surface area contributed by atoms with E-state index in [4.69, 9.17) is 4.74 Å². The quantitative estimate of drug-likeness (QED) is 0.317. The second-order valence-electron chi connectivity index (χ2n) is 6.12. The van der Waals surface area contributed by atoms with Crippen molar-refractivity contribution in [2.24, 2.45) is 0 Å². The van der Waals surface area contributed by atoms with Gasteiger partial charge in [0.2, 0.25) is 0 Å². The molecule has 0 saturated carbocycles. The summed E-state index contributed by atoms with van der Waals surface area (Å²) in [6, 6.07) is 9.79. The van der Waals surface area contributed by atoms with Crippen LogP contribution in [0.5, 0.6) is 0 Å². The third-order valence-electron chi connectivity index (χ3n) is 4.37. The van der Waals surface area contributed by atoms with Gasteiger partial charge in [-0.2, -0.15) is 0 Å². The van der Waals surface area contributed by atoms with E-state index in [2.05, 4.69) is 32.4 Å². The molecule has 1 aromatic carbocycles. The largest absolute Gasteiger partial charge is 0.465 e. The van der Waals surface area contributed by atoms with Crippen LogP contribution in [0.2, 0.25) is 0 Å². The number of hydrogen-bond donors (Lipinski definition) is 0. The second kappa shape index (κ2) is 13.7. The van der Waals surface area contributed by atoms with Crippen molar-refractivity contribution < 1.29 is 13.9 Å². The average Bonchev–Trinajstić information content (AvgIpc) is 2.80. The van der Waals surface area contributed by atoms with Crippen molar-refractivity contribution >= 4 is 27.6 Å². The Morgan fingerprint density at radius 2 is 1.93 bits per heavy atom. The van der Waals surface area contributed by atoms with Crippen LogP contribution in [0.25, 0.3) is 5.70 Å². The highest BCUT2D eigenvalue weighted by molar-refractivity contribution is 9.09. The molecule has 1 heterocycles. The Kier molecular flexibility index (Phi) is 11.7. The van der Waals surface area contributed by atoms with Gasteiger partial charge >= 0.3 is 5.97 Å². The fraction of sp³-hybridized carbons (Fsp3) is 0.333. The van der Waals surface area contributed by atoms with E-state index < -0.39 is 5.97 Å². The molecule has 0 fully saturated rings. The Morgan fingerprint density at radius 1 is 1.27 bits per heavy atom. The van der Waals surface area contributed by atoms with E-state index in [0.717, 1.165) is 29.4 Å². The Bertz CT molecular complexity index is 851. The number of alkyl halides is 1. The number of benzene rings is 1. The summed E-state index contributed by atoms with van der Waals surface area (Å²) in [6.45, 7) is 10.9. The first-order valence-electron chi connectivity index (χ1n) is 9.97. The maximum absolute atomic E-state index is 13.2. The van der Waals surface area contributed by atoms with E-state index in [-0.39, 0.29) is 5.82 Å². The van der Waals surface area contributed by atoms with Crippen LogP contribution in [0.4, 0.5) is 4.39 Å². The minimum absolute atomic E-state index is 0.248. The lowest BCUT2D eigenvalue weighted by molar-refractivity contribution is 0.0600. The van der Waals surface area contributed by atoms with Crippen LogP contribution in [0.1, 0.15) is 48.8 Å². The SMILES string of the molecule is C=C(c1cc(C(=O)OC)ccn1)N(CCc1ccc(F)cc1)/C(=C\C)CCBr.CC. The molecular formula is C24H30BrFN2O2. The predicted molar refractivity (Wildman–Crippen MR) is 125 cm³/mol. The maximum Gasteiger partial charge on any atom is 0.337 e. The lowest BCUT2D eigenvalue weighted by Crippen LogP contribution is -2.25. The van der Waals surface area contributed by atoms with Gasteiger partial charge in [-0.25, -0.2) is 9.18 Å². The molecule has 162 valence electrons. The standard InChI is InChI=1S/C22H24BrFN2O2.C2H6/c1-4-20(9-12-23)26(14-11-17-5-7-19(24)8-6-17)16(2)21-15-18(10-13-25-21)22(27)28-3;1-2/h4-8,10,13,15H,2,9,11-12,14H2,1,3H3;1-2H3/b20-4-;. The van der Waals surface area contributed by atoms with Crippen LogP contribution in [0.3, 0.4) is 0 Å². The Morgan fingerprint density at radius 3 is 2.50 bits per heavy atom. The van der Waals surface area contributed by atoms with Crippen molar-refractivity contribution in [1.29, 1.82) is 0 Å². The molecule has 0 spiro atoms. The highest BCUT2D eigenvalue weighted by Crippen LogP contribution is 2.24. The van der Waals surface area contributed by atoms with Crippen molar-refractivity contribution in [3.63, 3.8) is 0 Å². The molecule has 0 aliphatic carbocycles. The van der Waals surface area contributed by atoms with E-state index in [1.165, 1.54) is 19.2 Å². The van der Waals surface area contributed by atoms with Crippen molar-refractivity contribution in [3.05, 3.63) is 83.6 Å². The van der Waals surface area contributed by atoms with Gasteiger partial charge in [-0.15, -0.1) is 0 Å². The summed E-state index contributed by atoms with van der Waals surface area (Å²) in [5, 5.41) is 0.808. The normalized spacial score (nSPS) is 10.7. The molecule has 0 unspecified atom stereocenters. The monoisotopic (exact) mass is 476 g/mol. The Hall–Kier alpha value is -2.47. The van der Waals surface area contributed by atoms with Gasteiger partial charge in [-0.1, -0.05) is 54.6 Å². The minimum atomic E-state index is -0.416. The summed E-state index contributed by atoms with van der Waals surface area (Å²) in [5.74, 6) is -0.664. The summed E-state index contributed by atoms with van der Waals surface area (Å²) in [6.07, 6.45) is 5.15. The Balaban J connectivity index is 0.00000218. The van der Waals surface area contributed by atoms with E-state index in [0.29, 0.717) is 23.5 Å². The summed E-state index contributed by atoms with van der Waals surface area (Å²) in [7, 11) is 1.35. The zero-order valence-electron chi connectivity index (χ0n) is 18.1. The van der Waals surface area contributed by atoms with Crippen LogP contribution in [0, 0.1) is 5.82 Å². The van der Waals surface area contributed by atoms with Crippen LogP contribution < -0.4 is 0 Å². The highest BCUT2D eigenvalue weighted by Gasteiger charge is 2.17. The van der Waals surface area contributed by atoms with Gasteiger partial charge in [0.25, 0.3) is 0 Å². The third-order valence-corrected chi connectivity index (χ3v) is 4.77. The average molecular weight is 477 g/mol. The van der Waals surface area contributed by atoms with Gasteiger partial charge < -0.3 is 9.64 Å². The van der Waals surface area contributed by atoms with Crippen molar-refractivity contribution in [1.82, 2.24) is 9.88 Å². The molecule has 0 radical (unpaired) electrons. The fourth-order valence-corrected chi connectivity index (χ4v) is 3.25. The summed E-state index contributed by atoms with van der Waals surface area (Å²) >= 11 is 3.49. The Labute approximate surface area is 187 Å². The first-order chi connectivity index (χ1) is 14.5. The van der Waals surface area contributed by atoms with Crippen molar-refractivity contribution in [2.75, 3.05) is 19.0 Å². The van der Waals surface area contributed by atoms with Gasteiger partial charge in [0, 0.05) is 23.8 Å². The number of esters is 1. The molecule has 6 heteroatoms. The molecule has 0 N–H and O–H groups in total. The first-order valence-corrected chi connectivity index (χ1v) is 11.1. The van der Waals surface area contributed by atoms with Gasteiger partial charge in [-0.05, 0) is 49.6 Å². The number of hydrogen-bond acceptors (Lipinski definition) is 4. The molecule has 2 aromatic rings.